The lowest BCUT2D eigenvalue weighted by atomic mass is 9.92. The van der Waals surface area contributed by atoms with E-state index in [-0.39, 0.29) is 24.0 Å². The number of aromatic nitrogens is 1. The molecule has 2 aromatic heterocycles. The molecule has 0 saturated heterocycles. The van der Waals surface area contributed by atoms with Gasteiger partial charge in [-0.1, -0.05) is 30.3 Å². The number of fused-ring (bicyclic) bond motifs is 1. The number of amides is 1. The van der Waals surface area contributed by atoms with Crippen LogP contribution in [0.2, 0.25) is 0 Å². The van der Waals surface area contributed by atoms with E-state index in [9.17, 15) is 14.4 Å². The molecule has 5 nitrogen and oxygen atoms in total. The number of thiophene rings is 1. The third-order valence-electron chi connectivity index (χ3n) is 5.28. The smallest absolute Gasteiger partial charge is 0.290 e. The first kappa shape index (κ1) is 20.2. The van der Waals surface area contributed by atoms with E-state index in [1.165, 1.54) is 23.1 Å². The Balaban J connectivity index is 1.62. The van der Waals surface area contributed by atoms with Crippen molar-refractivity contribution in [3.05, 3.63) is 82.0 Å². The summed E-state index contributed by atoms with van der Waals surface area (Å²) >= 11 is 1.52. The molecule has 1 aliphatic rings. The predicted molar refractivity (Wildman–Crippen MR) is 116 cm³/mol. The lowest BCUT2D eigenvalue weighted by molar-refractivity contribution is -0.684. The van der Waals surface area contributed by atoms with Crippen molar-refractivity contribution in [2.24, 2.45) is 0 Å². The Kier molecular flexibility index (Phi) is 5.86. The number of Topliss-reactive ketones (excluding diaryl/α,β-unsaturated/α-hetero) is 1. The molecule has 1 N–H and O–H groups in total. The molecule has 1 amide bonds. The van der Waals surface area contributed by atoms with E-state index < -0.39 is 0 Å². The van der Waals surface area contributed by atoms with E-state index in [4.69, 9.17) is 0 Å². The lowest BCUT2D eigenvalue weighted by Gasteiger charge is -2.12. The summed E-state index contributed by atoms with van der Waals surface area (Å²) in [6.07, 6.45) is 7.39. The number of ketones is 2. The number of carbonyl (C=O) groups excluding carboxylic acids is 3. The van der Waals surface area contributed by atoms with Gasteiger partial charge in [0, 0.05) is 16.5 Å². The van der Waals surface area contributed by atoms with Gasteiger partial charge in [0.05, 0.1) is 11.1 Å². The van der Waals surface area contributed by atoms with Crippen molar-refractivity contribution in [1.82, 2.24) is 0 Å². The summed E-state index contributed by atoms with van der Waals surface area (Å²) < 4.78 is 1.68. The van der Waals surface area contributed by atoms with Crippen molar-refractivity contribution in [1.29, 1.82) is 0 Å². The van der Waals surface area contributed by atoms with Crippen molar-refractivity contribution in [2.75, 3.05) is 5.32 Å². The Hall–Kier alpha value is -3.12. The van der Waals surface area contributed by atoms with Crippen molar-refractivity contribution < 1.29 is 19.0 Å². The van der Waals surface area contributed by atoms with Crippen LogP contribution in [0.15, 0.2) is 54.9 Å². The van der Waals surface area contributed by atoms with Gasteiger partial charge in [0.15, 0.2) is 24.0 Å². The van der Waals surface area contributed by atoms with E-state index in [2.05, 4.69) is 5.32 Å². The summed E-state index contributed by atoms with van der Waals surface area (Å²) in [5.41, 5.74) is 2.90. The van der Waals surface area contributed by atoms with Crippen LogP contribution >= 0.6 is 11.3 Å². The summed E-state index contributed by atoms with van der Waals surface area (Å²) in [6, 6.07) is 12.7. The maximum Gasteiger partial charge on any atom is 0.290 e. The van der Waals surface area contributed by atoms with Gasteiger partial charge in [-0.25, -0.2) is 0 Å². The van der Waals surface area contributed by atoms with E-state index >= 15 is 0 Å². The Morgan fingerprint density at radius 1 is 1.00 bits per heavy atom. The molecule has 0 saturated carbocycles. The normalized spacial score (nSPS) is 12.8. The van der Waals surface area contributed by atoms with E-state index in [0.29, 0.717) is 21.7 Å². The van der Waals surface area contributed by atoms with Gasteiger partial charge in [0.25, 0.3) is 5.91 Å². The first-order valence-electron chi connectivity index (χ1n) is 10.1. The zero-order chi connectivity index (χ0) is 21.1. The highest BCUT2D eigenvalue weighted by Gasteiger charge is 2.27. The highest BCUT2D eigenvalue weighted by Crippen LogP contribution is 2.39. The standard InChI is InChI=1S/C24H22N2O3S/c1-16(27)18-10-7-13-26(14-18)15-21(28)25-24-22(19-11-5-6-12-20(19)30-24)23(29)17-8-3-2-4-9-17/h2-4,7-10,13-14H,5-6,11-12,15H2,1H3/p+1. The van der Waals surface area contributed by atoms with Crippen LogP contribution in [0.3, 0.4) is 0 Å². The molecule has 0 fully saturated rings. The van der Waals surface area contributed by atoms with Crippen LogP contribution in [0, 0.1) is 0 Å². The average Bonchev–Trinajstić information content (AvgIpc) is 3.11. The fraction of sp³-hybridized carbons (Fsp3) is 0.250. The third kappa shape index (κ3) is 4.24. The van der Waals surface area contributed by atoms with E-state index in [0.717, 1.165) is 31.2 Å². The number of aryl methyl sites for hydroxylation is 1. The zero-order valence-electron chi connectivity index (χ0n) is 16.8. The molecule has 3 aromatic rings. The van der Waals surface area contributed by atoms with Crippen LogP contribution < -0.4 is 9.88 Å². The predicted octanol–water partition coefficient (Wildman–Crippen LogP) is 3.99. The number of pyridine rings is 1. The number of anilines is 1. The first-order valence-corrected chi connectivity index (χ1v) is 10.9. The molecular formula is C24H23N2O3S+. The molecule has 1 aromatic carbocycles. The summed E-state index contributed by atoms with van der Waals surface area (Å²) in [4.78, 5) is 38.8. The van der Waals surface area contributed by atoms with Crippen LogP contribution in [0.1, 0.15) is 56.5 Å². The number of nitrogens with one attached hydrogen (secondary N) is 1. The zero-order valence-corrected chi connectivity index (χ0v) is 17.6. The number of benzene rings is 1. The molecule has 0 aliphatic heterocycles. The molecule has 0 atom stereocenters. The van der Waals surface area contributed by atoms with Crippen molar-refractivity contribution in [3.8, 4) is 0 Å². The van der Waals surface area contributed by atoms with Crippen LogP contribution in [0.5, 0.6) is 0 Å². The van der Waals surface area contributed by atoms with Crippen molar-refractivity contribution >= 4 is 33.8 Å². The minimum absolute atomic E-state index is 0.0449. The summed E-state index contributed by atoms with van der Waals surface area (Å²) in [5, 5.41) is 3.60. The molecule has 0 bridgehead atoms. The summed E-state index contributed by atoms with van der Waals surface area (Å²) in [5.74, 6) is -0.315. The maximum absolute atomic E-state index is 13.3. The molecule has 0 unspecified atom stereocenters. The highest BCUT2D eigenvalue weighted by atomic mass is 32.1. The SMILES string of the molecule is CC(=O)c1ccc[n+](CC(=O)Nc2sc3c(c2C(=O)c2ccccc2)CCCC3)c1. The van der Waals surface area contributed by atoms with E-state index in [1.807, 2.05) is 30.3 Å². The van der Waals surface area contributed by atoms with Gasteiger partial charge in [-0.15, -0.1) is 11.3 Å². The summed E-state index contributed by atoms with van der Waals surface area (Å²) in [6.45, 7) is 1.57. The minimum atomic E-state index is -0.221. The maximum atomic E-state index is 13.3. The molecular weight excluding hydrogens is 396 g/mol. The number of nitrogens with zero attached hydrogens (tertiary/aromatic N) is 1. The molecule has 1 aliphatic carbocycles. The quantitative estimate of drug-likeness (QED) is 0.485. The second-order valence-corrected chi connectivity index (χ2v) is 8.58. The monoisotopic (exact) mass is 419 g/mol. The molecule has 2 heterocycles. The van der Waals surface area contributed by atoms with Crippen LogP contribution in [0.25, 0.3) is 0 Å². The minimum Gasteiger partial charge on any atom is -0.312 e. The number of carbonyl (C=O) groups is 3. The Morgan fingerprint density at radius 3 is 2.50 bits per heavy atom. The molecule has 0 radical (unpaired) electrons. The molecule has 6 heteroatoms. The fourth-order valence-electron chi connectivity index (χ4n) is 3.79. The first-order chi connectivity index (χ1) is 14.5. The second kappa shape index (κ2) is 8.71. The third-order valence-corrected chi connectivity index (χ3v) is 6.49. The Bertz CT molecular complexity index is 1120. The van der Waals surface area contributed by atoms with Crippen molar-refractivity contribution in [3.63, 3.8) is 0 Å². The van der Waals surface area contributed by atoms with Gasteiger partial charge in [0.2, 0.25) is 6.54 Å². The number of rotatable bonds is 6. The van der Waals surface area contributed by atoms with Crippen LogP contribution in [-0.4, -0.2) is 17.5 Å². The highest BCUT2D eigenvalue weighted by molar-refractivity contribution is 7.17. The second-order valence-electron chi connectivity index (χ2n) is 7.48. The lowest BCUT2D eigenvalue weighted by Crippen LogP contribution is -2.40. The van der Waals surface area contributed by atoms with Crippen LogP contribution in [0.4, 0.5) is 5.00 Å². The summed E-state index contributed by atoms with van der Waals surface area (Å²) in [7, 11) is 0. The van der Waals surface area contributed by atoms with Gasteiger partial charge < -0.3 is 5.32 Å². The largest absolute Gasteiger partial charge is 0.312 e. The Morgan fingerprint density at radius 2 is 1.73 bits per heavy atom. The topological polar surface area (TPSA) is 67.1 Å². The van der Waals surface area contributed by atoms with E-state index in [1.54, 1.807) is 29.1 Å². The fourth-order valence-corrected chi connectivity index (χ4v) is 5.09. The van der Waals surface area contributed by atoms with Gasteiger partial charge >= 0.3 is 0 Å². The van der Waals surface area contributed by atoms with Gasteiger partial charge in [-0.05, 0) is 44.2 Å². The molecule has 4 rings (SSSR count). The Labute approximate surface area is 179 Å². The van der Waals surface area contributed by atoms with Crippen molar-refractivity contribution in [2.45, 2.75) is 39.2 Å². The molecule has 152 valence electrons. The number of hydrogen-bond acceptors (Lipinski definition) is 4. The average molecular weight is 420 g/mol. The van der Waals surface area contributed by atoms with Gasteiger partial charge in [-0.3, -0.25) is 14.4 Å². The number of hydrogen-bond donors (Lipinski definition) is 1. The van der Waals surface area contributed by atoms with Crippen LogP contribution in [-0.2, 0) is 24.2 Å². The van der Waals surface area contributed by atoms with Gasteiger partial charge in [0.1, 0.15) is 5.00 Å². The van der Waals surface area contributed by atoms with Gasteiger partial charge in [-0.2, -0.15) is 4.57 Å². The molecule has 0 spiro atoms. The molecule has 30 heavy (non-hydrogen) atoms.